The van der Waals surface area contributed by atoms with Crippen LogP contribution >= 0.6 is 11.3 Å². The van der Waals surface area contributed by atoms with Gasteiger partial charge in [0, 0.05) is 18.1 Å². The molecule has 1 aliphatic carbocycles. The van der Waals surface area contributed by atoms with E-state index in [4.69, 9.17) is 0 Å². The monoisotopic (exact) mass is 211 g/mol. The van der Waals surface area contributed by atoms with E-state index in [0.29, 0.717) is 11.0 Å². The fourth-order valence-electron chi connectivity index (χ4n) is 1.33. The molecule has 76 valence electrons. The number of aromatic nitrogens is 1. The highest BCUT2D eigenvalue weighted by Crippen LogP contribution is 2.36. The number of thiazole rings is 1. The second-order valence-electron chi connectivity index (χ2n) is 3.65. The normalized spacial score (nSPS) is 24.4. The Morgan fingerprint density at radius 2 is 2.57 bits per heavy atom. The zero-order chi connectivity index (χ0) is 9.97. The molecule has 0 bridgehead atoms. The number of rotatable bonds is 3. The van der Waals surface area contributed by atoms with Crippen molar-refractivity contribution in [1.82, 2.24) is 10.3 Å². The van der Waals surface area contributed by atoms with Crippen LogP contribution in [0.15, 0.2) is 11.6 Å². The lowest BCUT2D eigenvalue weighted by Crippen LogP contribution is -2.30. The van der Waals surface area contributed by atoms with Crippen molar-refractivity contribution in [2.45, 2.75) is 13.3 Å². The van der Waals surface area contributed by atoms with Gasteiger partial charge in [0.15, 0.2) is 5.13 Å². The summed E-state index contributed by atoms with van der Waals surface area (Å²) in [5.41, 5.74) is 0. The Morgan fingerprint density at radius 1 is 1.79 bits per heavy atom. The Morgan fingerprint density at radius 3 is 3.14 bits per heavy atom. The van der Waals surface area contributed by atoms with Crippen LogP contribution < -0.4 is 10.6 Å². The van der Waals surface area contributed by atoms with Gasteiger partial charge in [-0.3, -0.25) is 5.32 Å². The number of hydrogen-bond donors (Lipinski definition) is 2. The first-order chi connectivity index (χ1) is 6.75. The Labute approximate surface area is 86.7 Å². The molecule has 0 aromatic carbocycles. The van der Waals surface area contributed by atoms with Crippen LogP contribution in [0.25, 0.3) is 0 Å². The van der Waals surface area contributed by atoms with Crippen molar-refractivity contribution < 1.29 is 4.79 Å². The molecule has 0 saturated heterocycles. The minimum Gasteiger partial charge on any atom is -0.338 e. The fraction of sp³-hybridized carbons (Fsp3) is 0.556. The van der Waals surface area contributed by atoms with Crippen molar-refractivity contribution in [3.05, 3.63) is 11.6 Å². The van der Waals surface area contributed by atoms with E-state index in [0.717, 1.165) is 12.5 Å². The lowest BCUT2D eigenvalue weighted by molar-refractivity contribution is 0.251. The molecule has 1 aliphatic rings. The largest absolute Gasteiger partial charge is 0.338 e. The van der Waals surface area contributed by atoms with Crippen LogP contribution in [0, 0.1) is 11.8 Å². The molecule has 2 rings (SSSR count). The van der Waals surface area contributed by atoms with E-state index in [1.807, 2.05) is 5.38 Å². The topological polar surface area (TPSA) is 54.0 Å². The maximum absolute atomic E-state index is 11.3. The molecule has 1 fully saturated rings. The maximum atomic E-state index is 11.3. The summed E-state index contributed by atoms with van der Waals surface area (Å²) in [7, 11) is 0. The van der Waals surface area contributed by atoms with Crippen molar-refractivity contribution >= 4 is 22.5 Å². The number of carbonyl (C=O) groups excluding carboxylic acids is 1. The first-order valence-electron chi connectivity index (χ1n) is 4.70. The van der Waals surface area contributed by atoms with Crippen molar-refractivity contribution in [1.29, 1.82) is 0 Å². The molecule has 4 nitrogen and oxygen atoms in total. The molecule has 5 heteroatoms. The summed E-state index contributed by atoms with van der Waals surface area (Å²) in [6.45, 7) is 2.98. The van der Waals surface area contributed by atoms with Crippen LogP contribution in [-0.4, -0.2) is 17.6 Å². The third kappa shape index (κ3) is 2.45. The molecule has 1 aromatic rings. The van der Waals surface area contributed by atoms with E-state index in [2.05, 4.69) is 22.5 Å². The minimum atomic E-state index is -0.154. The molecular weight excluding hydrogens is 198 g/mol. The maximum Gasteiger partial charge on any atom is 0.321 e. The van der Waals surface area contributed by atoms with Gasteiger partial charge in [0.25, 0.3) is 0 Å². The van der Waals surface area contributed by atoms with Gasteiger partial charge in [-0.1, -0.05) is 6.92 Å². The van der Waals surface area contributed by atoms with Crippen molar-refractivity contribution in [3.8, 4) is 0 Å². The van der Waals surface area contributed by atoms with E-state index in [-0.39, 0.29) is 6.03 Å². The number of nitrogens with one attached hydrogen (secondary N) is 2. The lowest BCUT2D eigenvalue weighted by atomic mass is 10.3. The highest BCUT2D eigenvalue weighted by molar-refractivity contribution is 7.13. The number of carbonyl (C=O) groups is 1. The zero-order valence-corrected chi connectivity index (χ0v) is 8.80. The van der Waals surface area contributed by atoms with Gasteiger partial charge in [0.2, 0.25) is 0 Å². The van der Waals surface area contributed by atoms with Crippen molar-refractivity contribution in [3.63, 3.8) is 0 Å². The Bertz CT molecular complexity index is 312. The molecular formula is C9H13N3OS. The van der Waals surface area contributed by atoms with E-state index in [1.54, 1.807) is 6.20 Å². The van der Waals surface area contributed by atoms with Crippen molar-refractivity contribution in [2.24, 2.45) is 11.8 Å². The molecule has 0 aliphatic heterocycles. The molecule has 2 amide bonds. The summed E-state index contributed by atoms with van der Waals surface area (Å²) in [5, 5.41) is 7.98. The molecule has 0 unspecified atom stereocenters. The average molecular weight is 211 g/mol. The first-order valence-corrected chi connectivity index (χ1v) is 5.58. The SMILES string of the molecule is C[C@H]1C[C@H]1CNC(=O)Nc1nccs1. The highest BCUT2D eigenvalue weighted by Gasteiger charge is 2.32. The molecule has 1 aromatic heterocycles. The van der Waals surface area contributed by atoms with Gasteiger partial charge in [-0.25, -0.2) is 9.78 Å². The summed E-state index contributed by atoms with van der Waals surface area (Å²) in [6, 6.07) is -0.154. The summed E-state index contributed by atoms with van der Waals surface area (Å²) in [6.07, 6.45) is 2.90. The molecule has 0 radical (unpaired) electrons. The Hall–Kier alpha value is -1.10. The van der Waals surface area contributed by atoms with Crippen LogP contribution in [0.5, 0.6) is 0 Å². The van der Waals surface area contributed by atoms with Gasteiger partial charge in [0.05, 0.1) is 0 Å². The summed E-state index contributed by atoms with van der Waals surface area (Å²) in [4.78, 5) is 15.3. The van der Waals surface area contributed by atoms with Gasteiger partial charge in [0.1, 0.15) is 0 Å². The van der Waals surface area contributed by atoms with Crippen LogP contribution in [-0.2, 0) is 0 Å². The predicted molar refractivity (Wildman–Crippen MR) is 56.4 cm³/mol. The Kier molecular flexibility index (Phi) is 2.67. The number of amides is 2. The zero-order valence-electron chi connectivity index (χ0n) is 7.99. The van der Waals surface area contributed by atoms with Crippen LogP contribution in [0.3, 0.4) is 0 Å². The number of anilines is 1. The molecule has 1 heterocycles. The number of hydrogen-bond acceptors (Lipinski definition) is 3. The smallest absolute Gasteiger partial charge is 0.321 e. The summed E-state index contributed by atoms with van der Waals surface area (Å²) >= 11 is 1.42. The van der Waals surface area contributed by atoms with E-state index >= 15 is 0 Å². The van der Waals surface area contributed by atoms with Gasteiger partial charge in [-0.15, -0.1) is 11.3 Å². The summed E-state index contributed by atoms with van der Waals surface area (Å²) in [5.74, 6) is 1.45. The number of urea groups is 1. The number of nitrogens with zero attached hydrogens (tertiary/aromatic N) is 1. The van der Waals surface area contributed by atoms with E-state index in [9.17, 15) is 4.79 Å². The third-order valence-corrected chi connectivity index (χ3v) is 3.14. The molecule has 0 spiro atoms. The molecule has 2 N–H and O–H groups in total. The predicted octanol–water partition coefficient (Wildman–Crippen LogP) is 1.92. The van der Waals surface area contributed by atoms with Gasteiger partial charge in [-0.05, 0) is 18.3 Å². The first kappa shape index (κ1) is 9.45. The summed E-state index contributed by atoms with van der Waals surface area (Å²) < 4.78 is 0. The fourth-order valence-corrected chi connectivity index (χ4v) is 1.86. The lowest BCUT2D eigenvalue weighted by Gasteiger charge is -2.03. The van der Waals surface area contributed by atoms with Crippen LogP contribution in [0.2, 0.25) is 0 Å². The standard InChI is InChI=1S/C9H13N3OS/c1-6-4-7(6)5-11-8(13)12-9-10-2-3-14-9/h2-3,6-7H,4-5H2,1H3,(H2,10,11,12,13)/t6-,7-/m0/s1. The Balaban J connectivity index is 1.69. The van der Waals surface area contributed by atoms with Crippen molar-refractivity contribution in [2.75, 3.05) is 11.9 Å². The van der Waals surface area contributed by atoms with Gasteiger partial charge < -0.3 is 5.32 Å². The van der Waals surface area contributed by atoms with E-state index < -0.39 is 0 Å². The third-order valence-electron chi connectivity index (χ3n) is 2.45. The average Bonchev–Trinajstić information content (AvgIpc) is 2.65. The van der Waals surface area contributed by atoms with E-state index in [1.165, 1.54) is 17.8 Å². The highest BCUT2D eigenvalue weighted by atomic mass is 32.1. The van der Waals surface area contributed by atoms with Crippen LogP contribution in [0.1, 0.15) is 13.3 Å². The second-order valence-corrected chi connectivity index (χ2v) is 4.54. The van der Waals surface area contributed by atoms with Gasteiger partial charge >= 0.3 is 6.03 Å². The van der Waals surface area contributed by atoms with Crippen LogP contribution in [0.4, 0.5) is 9.93 Å². The minimum absolute atomic E-state index is 0.154. The second kappa shape index (κ2) is 3.96. The van der Waals surface area contributed by atoms with Gasteiger partial charge in [-0.2, -0.15) is 0 Å². The molecule has 1 saturated carbocycles. The molecule has 2 atom stereocenters. The quantitative estimate of drug-likeness (QED) is 0.802. The molecule has 14 heavy (non-hydrogen) atoms.